The minimum absolute atomic E-state index is 0.147. The van der Waals surface area contributed by atoms with E-state index in [1.54, 1.807) is 11.8 Å². The van der Waals surface area contributed by atoms with Gasteiger partial charge in [-0.05, 0) is 31.1 Å². The van der Waals surface area contributed by atoms with E-state index in [2.05, 4.69) is 0 Å². The first-order chi connectivity index (χ1) is 14.6. The van der Waals surface area contributed by atoms with Gasteiger partial charge in [-0.15, -0.1) is 0 Å². The van der Waals surface area contributed by atoms with E-state index >= 15 is 0 Å². The molecule has 0 bridgehead atoms. The quantitative estimate of drug-likeness (QED) is 0.316. The Balaban J connectivity index is 1.66. The van der Waals surface area contributed by atoms with Crippen molar-refractivity contribution in [3.63, 3.8) is 0 Å². The lowest BCUT2D eigenvalue weighted by atomic mass is 10.1. The summed E-state index contributed by atoms with van der Waals surface area (Å²) in [6.45, 7) is 2.97. The van der Waals surface area contributed by atoms with Gasteiger partial charge >= 0.3 is 5.97 Å². The van der Waals surface area contributed by atoms with Crippen LogP contribution in [0.25, 0.3) is 6.08 Å². The van der Waals surface area contributed by atoms with Crippen LogP contribution in [0.1, 0.15) is 30.9 Å². The number of amides is 1. The van der Waals surface area contributed by atoms with Gasteiger partial charge in [0, 0.05) is 18.5 Å². The Morgan fingerprint density at radius 1 is 1.13 bits per heavy atom. The molecule has 0 radical (unpaired) electrons. The summed E-state index contributed by atoms with van der Waals surface area (Å²) in [5.41, 5.74) is 1.89. The first kappa shape index (κ1) is 22.1. The van der Waals surface area contributed by atoms with E-state index in [0.29, 0.717) is 41.2 Å². The zero-order valence-corrected chi connectivity index (χ0v) is 18.3. The van der Waals surface area contributed by atoms with Crippen molar-refractivity contribution in [1.82, 2.24) is 4.90 Å². The average molecular weight is 442 g/mol. The second-order valence-corrected chi connectivity index (χ2v) is 8.23. The summed E-state index contributed by atoms with van der Waals surface area (Å²) >= 11 is 6.63. The van der Waals surface area contributed by atoms with Crippen molar-refractivity contribution in [2.24, 2.45) is 0 Å². The van der Waals surface area contributed by atoms with Gasteiger partial charge in [0.15, 0.2) is 0 Å². The van der Waals surface area contributed by atoms with Crippen molar-refractivity contribution in [2.75, 3.05) is 13.2 Å². The van der Waals surface area contributed by atoms with E-state index in [0.717, 1.165) is 11.1 Å². The number of hydrogen-bond acceptors (Lipinski definition) is 6. The number of nitrogens with zero attached hydrogens (tertiary/aromatic N) is 1. The fraction of sp³-hybridized carbons (Fsp3) is 0.261. The lowest BCUT2D eigenvalue weighted by Crippen LogP contribution is -2.29. The highest BCUT2D eigenvalue weighted by molar-refractivity contribution is 8.26. The molecule has 3 rings (SSSR count). The zero-order valence-electron chi connectivity index (χ0n) is 16.7. The molecule has 0 aliphatic carbocycles. The summed E-state index contributed by atoms with van der Waals surface area (Å²) in [5.74, 6) is 0.295. The maximum atomic E-state index is 12.8. The Bertz CT molecular complexity index is 943. The highest BCUT2D eigenvalue weighted by atomic mass is 32.2. The molecule has 7 heteroatoms. The second-order valence-electron chi connectivity index (χ2n) is 6.55. The number of carbonyl (C=O) groups excluding carboxylic acids is 2. The van der Waals surface area contributed by atoms with E-state index < -0.39 is 0 Å². The van der Waals surface area contributed by atoms with Crippen LogP contribution in [0.2, 0.25) is 0 Å². The molecule has 1 heterocycles. The average Bonchev–Trinajstić information content (AvgIpc) is 3.01. The third-order valence-corrected chi connectivity index (χ3v) is 5.76. The Labute approximate surface area is 186 Å². The first-order valence-corrected chi connectivity index (χ1v) is 11.0. The number of benzene rings is 2. The van der Waals surface area contributed by atoms with Gasteiger partial charge in [0.25, 0.3) is 5.91 Å². The number of ether oxygens (including phenoxy) is 2. The molecule has 0 unspecified atom stereocenters. The molecule has 1 aliphatic rings. The number of para-hydroxylation sites is 1. The monoisotopic (exact) mass is 441 g/mol. The summed E-state index contributed by atoms with van der Waals surface area (Å²) < 4.78 is 11.4. The smallest absolute Gasteiger partial charge is 0.305 e. The molecule has 30 heavy (non-hydrogen) atoms. The number of thiocarbonyl (C=S) groups is 1. The van der Waals surface area contributed by atoms with Gasteiger partial charge in [0.05, 0.1) is 11.5 Å². The Hall–Kier alpha value is -2.64. The summed E-state index contributed by atoms with van der Waals surface area (Å²) in [6, 6.07) is 17.5. The van der Waals surface area contributed by atoms with Gasteiger partial charge in [0.2, 0.25) is 0 Å². The van der Waals surface area contributed by atoms with Crippen LogP contribution < -0.4 is 4.74 Å². The van der Waals surface area contributed by atoms with E-state index in [4.69, 9.17) is 21.7 Å². The van der Waals surface area contributed by atoms with Gasteiger partial charge in [-0.3, -0.25) is 14.5 Å². The second kappa shape index (κ2) is 10.9. The van der Waals surface area contributed by atoms with E-state index in [1.165, 1.54) is 11.8 Å². The highest BCUT2D eigenvalue weighted by Gasteiger charge is 2.31. The van der Waals surface area contributed by atoms with E-state index in [1.807, 2.05) is 60.7 Å². The molecule has 1 amide bonds. The van der Waals surface area contributed by atoms with Gasteiger partial charge in [-0.2, -0.15) is 0 Å². The van der Waals surface area contributed by atoms with E-state index in [-0.39, 0.29) is 18.3 Å². The molecule has 2 aromatic rings. The summed E-state index contributed by atoms with van der Waals surface area (Å²) in [6.07, 6.45) is 2.58. The molecule has 0 spiro atoms. The molecule has 1 saturated heterocycles. The van der Waals surface area contributed by atoms with Gasteiger partial charge < -0.3 is 9.47 Å². The predicted molar refractivity (Wildman–Crippen MR) is 123 cm³/mol. The van der Waals surface area contributed by atoms with Crippen LogP contribution in [0.5, 0.6) is 5.75 Å². The molecule has 156 valence electrons. The maximum Gasteiger partial charge on any atom is 0.305 e. The largest absolute Gasteiger partial charge is 0.488 e. The van der Waals surface area contributed by atoms with E-state index in [9.17, 15) is 9.59 Å². The molecule has 2 aromatic carbocycles. The molecule has 0 saturated carbocycles. The summed E-state index contributed by atoms with van der Waals surface area (Å²) in [7, 11) is 0. The number of esters is 1. The highest BCUT2D eigenvalue weighted by Crippen LogP contribution is 2.34. The molecular formula is C23H23NO4S2. The number of carbonyl (C=O) groups is 2. The first-order valence-electron chi connectivity index (χ1n) is 9.75. The van der Waals surface area contributed by atoms with Crippen LogP contribution in [0.3, 0.4) is 0 Å². The molecule has 1 aliphatic heterocycles. The van der Waals surface area contributed by atoms with Crippen LogP contribution in [-0.4, -0.2) is 34.2 Å². The molecule has 0 aromatic heterocycles. The van der Waals surface area contributed by atoms with Crippen molar-refractivity contribution in [3.8, 4) is 5.75 Å². The summed E-state index contributed by atoms with van der Waals surface area (Å²) in [4.78, 5) is 26.4. The Morgan fingerprint density at radius 3 is 2.63 bits per heavy atom. The molecule has 0 N–H and O–H groups in total. The minimum atomic E-state index is -0.261. The third kappa shape index (κ3) is 5.93. The minimum Gasteiger partial charge on any atom is -0.488 e. The van der Waals surface area contributed by atoms with Crippen molar-refractivity contribution < 1.29 is 19.1 Å². The van der Waals surface area contributed by atoms with Crippen LogP contribution in [0, 0.1) is 0 Å². The van der Waals surface area contributed by atoms with Crippen molar-refractivity contribution in [3.05, 3.63) is 70.6 Å². The molecular weight excluding hydrogens is 418 g/mol. The van der Waals surface area contributed by atoms with Gasteiger partial charge in [0.1, 0.15) is 16.7 Å². The van der Waals surface area contributed by atoms with Crippen LogP contribution in [-0.2, 0) is 20.9 Å². The number of thioether (sulfide) groups is 1. The molecule has 5 nitrogen and oxygen atoms in total. The lowest BCUT2D eigenvalue weighted by Gasteiger charge is -2.13. The van der Waals surface area contributed by atoms with Crippen molar-refractivity contribution in [1.29, 1.82) is 0 Å². The standard InChI is InChI=1S/C23H23NO4S2/c1-2-27-21(25)13-8-14-24-22(26)20(30-23(24)29)15-18-11-6-7-12-19(18)28-16-17-9-4-3-5-10-17/h3-7,9-12,15H,2,8,13-14,16H2,1H3/b20-15-. The van der Waals surface area contributed by atoms with Crippen molar-refractivity contribution in [2.45, 2.75) is 26.4 Å². The van der Waals surface area contributed by atoms with Crippen LogP contribution >= 0.6 is 24.0 Å². The fourth-order valence-electron chi connectivity index (χ4n) is 2.92. The topological polar surface area (TPSA) is 55.8 Å². The lowest BCUT2D eigenvalue weighted by molar-refractivity contribution is -0.143. The van der Waals surface area contributed by atoms with Gasteiger partial charge in [-0.25, -0.2) is 0 Å². The third-order valence-electron chi connectivity index (χ3n) is 4.38. The predicted octanol–water partition coefficient (Wildman–Crippen LogP) is 4.81. The Morgan fingerprint density at radius 2 is 1.87 bits per heavy atom. The SMILES string of the molecule is CCOC(=O)CCCN1C(=O)/C(=C/c2ccccc2OCc2ccccc2)SC1=S. The zero-order chi connectivity index (χ0) is 21.3. The van der Waals surface area contributed by atoms with Gasteiger partial charge in [-0.1, -0.05) is 72.5 Å². The molecule has 1 fully saturated rings. The number of hydrogen-bond donors (Lipinski definition) is 0. The normalized spacial score (nSPS) is 15.0. The van der Waals surface area contributed by atoms with Crippen LogP contribution in [0.15, 0.2) is 59.5 Å². The fourth-order valence-corrected chi connectivity index (χ4v) is 4.21. The number of rotatable bonds is 9. The summed E-state index contributed by atoms with van der Waals surface area (Å²) in [5, 5.41) is 0. The molecule has 0 atom stereocenters. The van der Waals surface area contributed by atoms with Crippen LogP contribution in [0.4, 0.5) is 0 Å². The maximum absolute atomic E-state index is 12.8. The Kier molecular flexibility index (Phi) is 8.04. The van der Waals surface area contributed by atoms with Crippen molar-refractivity contribution >= 4 is 46.3 Å².